The van der Waals surface area contributed by atoms with Crippen LogP contribution in [0.25, 0.3) is 0 Å². The van der Waals surface area contributed by atoms with Crippen molar-refractivity contribution in [1.29, 1.82) is 0 Å². The van der Waals surface area contributed by atoms with Gasteiger partial charge in [-0.05, 0) is 30.4 Å². The van der Waals surface area contributed by atoms with Gasteiger partial charge in [0.05, 0.1) is 19.3 Å². The highest BCUT2D eigenvalue weighted by Gasteiger charge is 2.14. The summed E-state index contributed by atoms with van der Waals surface area (Å²) >= 11 is 0. The summed E-state index contributed by atoms with van der Waals surface area (Å²) in [6.07, 6.45) is -0.610. The van der Waals surface area contributed by atoms with Gasteiger partial charge in [-0.2, -0.15) is 0 Å². The van der Waals surface area contributed by atoms with Crippen molar-refractivity contribution in [3.63, 3.8) is 0 Å². The van der Waals surface area contributed by atoms with Gasteiger partial charge in [-0.25, -0.2) is 0 Å². The zero-order chi connectivity index (χ0) is 18.0. The monoisotopic (exact) mass is 463 g/mol. The van der Waals surface area contributed by atoms with E-state index in [0.717, 1.165) is 12.1 Å². The second-order valence-corrected chi connectivity index (χ2v) is 6.73. The summed E-state index contributed by atoms with van der Waals surface area (Å²) in [6, 6.07) is 8.12. The maximum absolute atomic E-state index is 10.4. The molecule has 6 heteroatoms. The van der Waals surface area contributed by atoms with Crippen molar-refractivity contribution < 1.29 is 9.84 Å². The number of halogens is 1. The number of nitrogens with one attached hydrogen (secondary N) is 2. The first-order valence-corrected chi connectivity index (χ1v) is 8.76. The third kappa shape index (κ3) is 9.42. The Morgan fingerprint density at radius 1 is 1.16 bits per heavy atom. The third-order valence-corrected chi connectivity index (χ3v) is 3.67. The van der Waals surface area contributed by atoms with Crippen molar-refractivity contribution in [2.24, 2.45) is 4.99 Å². The molecule has 0 saturated heterocycles. The lowest BCUT2D eigenvalue weighted by Gasteiger charge is -2.20. The fourth-order valence-electron chi connectivity index (χ4n) is 2.22. The number of hydrogen-bond donors (Lipinski definition) is 3. The molecule has 0 aliphatic carbocycles. The van der Waals surface area contributed by atoms with E-state index in [1.54, 1.807) is 0 Å². The van der Waals surface area contributed by atoms with Crippen LogP contribution in [0.15, 0.2) is 29.3 Å². The fourth-order valence-corrected chi connectivity index (χ4v) is 2.22. The first-order chi connectivity index (χ1) is 11.4. The highest BCUT2D eigenvalue weighted by Crippen LogP contribution is 2.24. The smallest absolute Gasteiger partial charge is 0.191 e. The van der Waals surface area contributed by atoms with Gasteiger partial charge in [0.15, 0.2) is 5.96 Å². The second-order valence-electron chi connectivity index (χ2n) is 6.73. The molecule has 0 aliphatic heterocycles. The topological polar surface area (TPSA) is 65.9 Å². The Morgan fingerprint density at radius 2 is 1.80 bits per heavy atom. The van der Waals surface area contributed by atoms with E-state index in [4.69, 9.17) is 4.74 Å². The Bertz CT molecular complexity index is 498. The number of aliphatic imine (C=N–C) groups is 1. The molecule has 0 saturated carbocycles. The fraction of sp³-hybridized carbons (Fsp3) is 0.632. The van der Waals surface area contributed by atoms with E-state index >= 15 is 0 Å². The summed E-state index contributed by atoms with van der Waals surface area (Å²) < 4.78 is 5.30. The minimum absolute atomic E-state index is 0. The molecule has 0 bridgehead atoms. The quantitative estimate of drug-likeness (QED) is 0.240. The van der Waals surface area contributed by atoms with E-state index in [-0.39, 0.29) is 29.4 Å². The van der Waals surface area contributed by atoms with Crippen molar-refractivity contribution in [2.75, 3.05) is 32.8 Å². The average molecular weight is 463 g/mol. The van der Waals surface area contributed by atoms with E-state index < -0.39 is 6.10 Å². The highest BCUT2D eigenvalue weighted by molar-refractivity contribution is 14.0. The molecular formula is C19H34IN3O2. The van der Waals surface area contributed by atoms with Crippen LogP contribution in [0, 0.1) is 0 Å². The Balaban J connectivity index is 0.00000576. The second kappa shape index (κ2) is 12.5. The lowest BCUT2D eigenvalue weighted by atomic mass is 9.86. The van der Waals surface area contributed by atoms with Crippen LogP contribution < -0.4 is 10.6 Å². The summed E-state index contributed by atoms with van der Waals surface area (Å²) in [4.78, 5) is 4.45. The van der Waals surface area contributed by atoms with Gasteiger partial charge in [0.25, 0.3) is 0 Å². The number of guanidine groups is 1. The van der Waals surface area contributed by atoms with E-state index in [2.05, 4.69) is 48.5 Å². The molecule has 1 rings (SSSR count). The van der Waals surface area contributed by atoms with Gasteiger partial charge in [0.1, 0.15) is 0 Å². The summed E-state index contributed by atoms with van der Waals surface area (Å²) in [5.41, 5.74) is 2.26. The van der Waals surface area contributed by atoms with Gasteiger partial charge < -0.3 is 20.5 Å². The van der Waals surface area contributed by atoms with Crippen LogP contribution in [-0.4, -0.2) is 43.9 Å². The molecule has 0 spiro atoms. The van der Waals surface area contributed by atoms with E-state index in [1.807, 2.05) is 26.0 Å². The van der Waals surface area contributed by atoms with Crippen molar-refractivity contribution in [2.45, 2.75) is 46.1 Å². The number of aliphatic hydroxyl groups excluding tert-OH is 1. The van der Waals surface area contributed by atoms with Crippen molar-refractivity contribution in [3.05, 3.63) is 35.4 Å². The number of nitrogens with zero attached hydrogens (tertiary/aromatic N) is 1. The number of hydrogen-bond acceptors (Lipinski definition) is 3. The predicted octanol–water partition coefficient (Wildman–Crippen LogP) is 3.23. The highest BCUT2D eigenvalue weighted by atomic mass is 127. The molecule has 3 N–H and O–H groups in total. The van der Waals surface area contributed by atoms with E-state index in [0.29, 0.717) is 32.3 Å². The Hall–Kier alpha value is -0.860. The van der Waals surface area contributed by atoms with E-state index in [1.165, 1.54) is 5.56 Å². The minimum atomic E-state index is -0.610. The number of ether oxygens (including phenoxy) is 1. The van der Waals surface area contributed by atoms with E-state index in [9.17, 15) is 5.11 Å². The maximum Gasteiger partial charge on any atom is 0.191 e. The third-order valence-electron chi connectivity index (χ3n) is 3.67. The Morgan fingerprint density at radius 3 is 2.32 bits per heavy atom. The van der Waals surface area contributed by atoms with Crippen molar-refractivity contribution in [1.82, 2.24) is 10.6 Å². The summed E-state index contributed by atoms with van der Waals surface area (Å²) in [5, 5.41) is 16.7. The molecule has 0 radical (unpaired) electrons. The van der Waals surface area contributed by atoms with Gasteiger partial charge >= 0.3 is 0 Å². The van der Waals surface area contributed by atoms with Gasteiger partial charge in [0.2, 0.25) is 0 Å². The van der Waals surface area contributed by atoms with Crippen LogP contribution >= 0.6 is 24.0 Å². The lowest BCUT2D eigenvalue weighted by molar-refractivity contribution is 0.152. The van der Waals surface area contributed by atoms with Crippen LogP contribution in [0.1, 0.15) is 51.8 Å². The molecule has 0 amide bonds. The molecule has 5 nitrogen and oxygen atoms in total. The molecule has 1 atom stereocenters. The molecule has 0 fully saturated rings. The largest absolute Gasteiger partial charge is 0.386 e. The van der Waals surface area contributed by atoms with Crippen LogP contribution in [0.4, 0.5) is 0 Å². The molecule has 1 aromatic carbocycles. The number of rotatable bonds is 8. The number of aliphatic hydroxyl groups is 1. The van der Waals surface area contributed by atoms with Crippen LogP contribution in [0.2, 0.25) is 0 Å². The zero-order valence-electron chi connectivity index (χ0n) is 16.1. The minimum Gasteiger partial charge on any atom is -0.386 e. The predicted molar refractivity (Wildman–Crippen MR) is 116 cm³/mol. The molecule has 0 heterocycles. The zero-order valence-corrected chi connectivity index (χ0v) is 18.5. The SMILES string of the molecule is CCNC(=NCC(O)c1ccc(C(C)(C)C)cc1)NCCOCC.I. The van der Waals surface area contributed by atoms with Gasteiger partial charge in [-0.15, -0.1) is 24.0 Å². The summed E-state index contributed by atoms with van der Waals surface area (Å²) in [7, 11) is 0. The molecule has 25 heavy (non-hydrogen) atoms. The Kier molecular flexibility index (Phi) is 12.1. The van der Waals surface area contributed by atoms with Crippen LogP contribution in [-0.2, 0) is 10.2 Å². The van der Waals surface area contributed by atoms with Crippen LogP contribution in [0.5, 0.6) is 0 Å². The molecule has 1 unspecified atom stereocenters. The normalized spacial score (nSPS) is 13.1. The van der Waals surface area contributed by atoms with Gasteiger partial charge in [-0.1, -0.05) is 45.0 Å². The Labute approximate surface area is 169 Å². The molecule has 0 aromatic heterocycles. The van der Waals surface area contributed by atoms with Crippen molar-refractivity contribution >= 4 is 29.9 Å². The molecule has 0 aliphatic rings. The molecular weight excluding hydrogens is 429 g/mol. The first kappa shape index (κ1) is 24.1. The maximum atomic E-state index is 10.4. The molecule has 1 aromatic rings. The van der Waals surface area contributed by atoms with Crippen molar-refractivity contribution in [3.8, 4) is 0 Å². The lowest BCUT2D eigenvalue weighted by Crippen LogP contribution is -2.39. The first-order valence-electron chi connectivity index (χ1n) is 8.76. The van der Waals surface area contributed by atoms with Gasteiger partial charge in [-0.3, -0.25) is 4.99 Å². The van der Waals surface area contributed by atoms with Crippen LogP contribution in [0.3, 0.4) is 0 Å². The molecule has 144 valence electrons. The summed E-state index contributed by atoms with van der Waals surface area (Å²) in [6.45, 7) is 13.7. The van der Waals surface area contributed by atoms with Gasteiger partial charge in [0, 0.05) is 19.7 Å². The summed E-state index contributed by atoms with van der Waals surface area (Å²) in [5.74, 6) is 0.697. The standard InChI is InChI=1S/C19H33N3O2.HI/c1-6-20-18(21-12-13-24-7-2)22-14-17(23)15-8-10-16(11-9-15)19(3,4)5;/h8-11,17,23H,6-7,12-14H2,1-5H3,(H2,20,21,22);1H. The average Bonchev–Trinajstić information content (AvgIpc) is 2.55. The number of benzene rings is 1.